The molecule has 326 valence electrons. The lowest BCUT2D eigenvalue weighted by atomic mass is 9.87. The van der Waals surface area contributed by atoms with Gasteiger partial charge in [-0.3, -0.25) is 0 Å². The molecule has 0 atom stereocenters. The topological polar surface area (TPSA) is 13.0 Å². The van der Waals surface area contributed by atoms with Crippen molar-refractivity contribution in [2.45, 2.75) is 183 Å². The molecule has 0 unspecified atom stereocenters. The molecule has 0 aromatic heterocycles. The highest BCUT2D eigenvalue weighted by atomic mass is 15.5. The van der Waals surface area contributed by atoms with Gasteiger partial charge in [-0.05, 0) is 105 Å². The Hall–Kier alpha value is -3.92. The molecule has 2 fully saturated rings. The van der Waals surface area contributed by atoms with Crippen molar-refractivity contribution in [3.8, 4) is 0 Å². The van der Waals surface area contributed by atoms with Crippen LogP contribution in [-0.2, 0) is 0 Å². The molecule has 4 aromatic rings. The summed E-state index contributed by atoms with van der Waals surface area (Å²) in [5, 5.41) is 0. The van der Waals surface area contributed by atoms with E-state index in [2.05, 4.69) is 203 Å². The molecule has 0 aliphatic carbocycles. The van der Waals surface area contributed by atoms with E-state index in [-0.39, 0.29) is 12.3 Å². The van der Waals surface area contributed by atoms with Crippen LogP contribution in [0.25, 0.3) is 0 Å². The maximum Gasteiger partial charge on any atom is 0.142 e. The largest absolute Gasteiger partial charge is 0.347 e. The van der Waals surface area contributed by atoms with Crippen LogP contribution in [0.2, 0.25) is 0 Å². The Morgan fingerprint density at radius 3 is 0.567 bits per heavy atom. The van der Waals surface area contributed by atoms with E-state index in [0.29, 0.717) is 47.3 Å². The van der Waals surface area contributed by atoms with Crippen molar-refractivity contribution in [3.63, 3.8) is 0 Å². The summed E-state index contributed by atoms with van der Waals surface area (Å²) in [6.07, 6.45) is 2.26. The van der Waals surface area contributed by atoms with Gasteiger partial charge in [0.1, 0.15) is 12.3 Å². The first kappa shape index (κ1) is 45.6. The van der Waals surface area contributed by atoms with E-state index in [1.54, 1.807) is 0 Å². The number of hydrogen-bond acceptors (Lipinski definition) is 4. The minimum atomic E-state index is 0.0225. The molecule has 4 nitrogen and oxygen atoms in total. The number of para-hydroxylation sites is 4. The first-order valence-corrected chi connectivity index (χ1v) is 24.0. The lowest BCUT2D eigenvalue weighted by Crippen LogP contribution is -2.71. The van der Waals surface area contributed by atoms with Crippen molar-refractivity contribution in [1.82, 2.24) is 0 Å². The van der Waals surface area contributed by atoms with Crippen LogP contribution in [-0.4, -0.2) is 38.5 Å². The maximum absolute atomic E-state index is 2.95. The van der Waals surface area contributed by atoms with Crippen LogP contribution in [0.15, 0.2) is 72.8 Å². The second-order valence-electron chi connectivity index (χ2n) is 20.7. The summed E-state index contributed by atoms with van der Waals surface area (Å²) < 4.78 is 0. The average Bonchev–Trinajstić information content (AvgIpc) is 3.21. The summed E-state index contributed by atoms with van der Waals surface area (Å²) in [4.78, 5) is 11.8. The molecule has 60 heavy (non-hydrogen) atoms. The Bertz CT molecular complexity index is 1660. The van der Waals surface area contributed by atoms with Crippen molar-refractivity contribution >= 4 is 22.7 Å². The molecule has 6 rings (SSSR count). The molecular formula is C56H82N4. The van der Waals surface area contributed by atoms with Crippen LogP contribution >= 0.6 is 0 Å². The van der Waals surface area contributed by atoms with E-state index in [1.807, 2.05) is 0 Å². The molecule has 0 amide bonds. The van der Waals surface area contributed by atoms with Gasteiger partial charge in [0.05, 0.1) is 0 Å². The molecule has 0 N–H and O–H groups in total. The van der Waals surface area contributed by atoms with Gasteiger partial charge in [-0.15, -0.1) is 0 Å². The maximum atomic E-state index is 2.95. The standard InChI is InChI=1S/C56H82N4/c1-35(2)43-23-17-24-44(36(3)4)51(43)57-31-21-32-58(52-45(37(5)6)25-18-26-46(52)38(7)8)55(57)56-59(53-47(39(9)10)27-19-28-48(53)40(11)12)33-22-34-60(56)54-49(41(13)14)29-20-30-50(54)42(15)16/h17-20,23-30,35-42,55-56H,21-22,31-34H2,1-16H3. The molecule has 4 aromatic carbocycles. The van der Waals surface area contributed by atoms with Crippen molar-refractivity contribution in [2.24, 2.45) is 0 Å². The Morgan fingerprint density at radius 2 is 0.433 bits per heavy atom. The highest BCUT2D eigenvalue weighted by Gasteiger charge is 2.48. The highest BCUT2D eigenvalue weighted by Crippen LogP contribution is 2.49. The van der Waals surface area contributed by atoms with E-state index >= 15 is 0 Å². The fraction of sp³-hybridized carbons (Fsp3) is 0.571. The predicted molar refractivity (Wildman–Crippen MR) is 265 cm³/mol. The quantitative estimate of drug-likeness (QED) is 0.133. The minimum absolute atomic E-state index is 0.0225. The van der Waals surface area contributed by atoms with Crippen LogP contribution < -0.4 is 19.6 Å². The van der Waals surface area contributed by atoms with Gasteiger partial charge in [-0.1, -0.05) is 184 Å². The molecule has 0 spiro atoms. The third-order valence-corrected chi connectivity index (χ3v) is 13.7. The first-order valence-electron chi connectivity index (χ1n) is 24.0. The van der Waals surface area contributed by atoms with E-state index < -0.39 is 0 Å². The molecule has 2 aliphatic heterocycles. The smallest absolute Gasteiger partial charge is 0.142 e. The second-order valence-corrected chi connectivity index (χ2v) is 20.7. The second kappa shape index (κ2) is 19.0. The zero-order chi connectivity index (χ0) is 43.7. The molecule has 2 saturated heterocycles. The molecule has 0 bridgehead atoms. The van der Waals surface area contributed by atoms with Crippen molar-refractivity contribution in [2.75, 3.05) is 45.8 Å². The Balaban J connectivity index is 1.82. The van der Waals surface area contributed by atoms with Crippen molar-refractivity contribution in [1.29, 1.82) is 0 Å². The normalized spacial score (nSPS) is 16.2. The summed E-state index contributed by atoms with van der Waals surface area (Å²) in [7, 11) is 0. The number of hydrogen-bond donors (Lipinski definition) is 0. The van der Waals surface area contributed by atoms with Crippen molar-refractivity contribution < 1.29 is 0 Å². The Kier molecular flexibility index (Phi) is 14.4. The lowest BCUT2D eigenvalue weighted by molar-refractivity contribution is 0.358. The number of anilines is 4. The third-order valence-electron chi connectivity index (χ3n) is 13.7. The van der Waals surface area contributed by atoms with Gasteiger partial charge in [0, 0.05) is 48.9 Å². The summed E-state index contributed by atoms with van der Waals surface area (Å²) in [6.45, 7) is 42.6. The molecule has 0 radical (unpaired) electrons. The van der Waals surface area contributed by atoms with Gasteiger partial charge < -0.3 is 19.6 Å². The predicted octanol–water partition coefficient (Wildman–Crippen LogP) is 15.5. The zero-order valence-corrected chi connectivity index (χ0v) is 40.7. The van der Waals surface area contributed by atoms with Crippen molar-refractivity contribution in [3.05, 3.63) is 117 Å². The van der Waals surface area contributed by atoms with Crippen LogP contribution in [0, 0.1) is 0 Å². The summed E-state index contributed by atoms with van der Waals surface area (Å²) in [5.41, 5.74) is 17.7. The van der Waals surface area contributed by atoms with E-state index in [9.17, 15) is 0 Å². The van der Waals surface area contributed by atoms with Gasteiger partial charge in [0.25, 0.3) is 0 Å². The van der Waals surface area contributed by atoms with Gasteiger partial charge in [-0.25, -0.2) is 0 Å². The van der Waals surface area contributed by atoms with Gasteiger partial charge in [0.15, 0.2) is 0 Å². The van der Waals surface area contributed by atoms with Crippen LogP contribution in [0.4, 0.5) is 22.7 Å². The molecule has 2 heterocycles. The lowest BCUT2D eigenvalue weighted by Gasteiger charge is -2.59. The summed E-state index contributed by atoms with van der Waals surface area (Å²) in [5.74, 6) is 3.15. The van der Waals surface area contributed by atoms with E-state index in [4.69, 9.17) is 0 Å². The van der Waals surface area contributed by atoms with Gasteiger partial charge in [-0.2, -0.15) is 0 Å². The average molecular weight is 811 g/mol. The highest BCUT2D eigenvalue weighted by molar-refractivity contribution is 5.74. The fourth-order valence-electron chi connectivity index (χ4n) is 10.7. The van der Waals surface area contributed by atoms with E-state index in [1.165, 1.54) is 67.3 Å². The third kappa shape index (κ3) is 8.73. The summed E-state index contributed by atoms with van der Waals surface area (Å²) >= 11 is 0. The van der Waals surface area contributed by atoms with Crippen LogP contribution in [0.5, 0.6) is 0 Å². The monoisotopic (exact) mass is 811 g/mol. The van der Waals surface area contributed by atoms with E-state index in [0.717, 1.165) is 39.0 Å². The number of rotatable bonds is 13. The fourth-order valence-corrected chi connectivity index (χ4v) is 10.7. The molecular weight excluding hydrogens is 729 g/mol. The first-order chi connectivity index (χ1) is 28.5. The SMILES string of the molecule is CC(C)c1cccc(C(C)C)c1N1CCCN(c2c(C(C)C)cccc2C(C)C)C1C1N(c2c(C(C)C)cccc2C(C)C)CCCN1c1c(C(C)C)cccc1C(C)C. The van der Waals surface area contributed by atoms with Gasteiger partial charge in [0.2, 0.25) is 0 Å². The molecule has 2 aliphatic rings. The number of benzene rings is 4. The Labute approximate surface area is 367 Å². The zero-order valence-electron chi connectivity index (χ0n) is 40.7. The van der Waals surface area contributed by atoms with Crippen LogP contribution in [0.3, 0.4) is 0 Å². The minimum Gasteiger partial charge on any atom is -0.347 e. The molecule has 0 saturated carbocycles. The van der Waals surface area contributed by atoms with Crippen LogP contribution in [0.1, 0.15) is 215 Å². The van der Waals surface area contributed by atoms with Gasteiger partial charge >= 0.3 is 0 Å². The number of nitrogens with zero attached hydrogens (tertiary/aromatic N) is 4. The Morgan fingerprint density at radius 1 is 0.283 bits per heavy atom. The summed E-state index contributed by atoms with van der Waals surface area (Å²) in [6, 6.07) is 28.8. The molecule has 4 heteroatoms.